The number of hydrogen-bond donors (Lipinski definition) is 1. The second kappa shape index (κ2) is 11.3. The second-order valence-corrected chi connectivity index (χ2v) is 11.3. The number of phenolic OH excluding ortho intramolecular Hbond substituents is 1. The van der Waals surface area contributed by atoms with Gasteiger partial charge in [0.15, 0.2) is 11.5 Å². The van der Waals surface area contributed by atoms with Crippen LogP contribution in [0, 0.1) is 0 Å². The number of ether oxygens (including phenoxy) is 1. The first-order valence-electron chi connectivity index (χ1n) is 10.7. The van der Waals surface area contributed by atoms with Gasteiger partial charge in [0, 0.05) is 5.56 Å². The SMILES string of the molecule is C=CCc1cc(C[P+](c2ccccc2)(c2ccccc2)c2ccccc2)c(O)c(OC)c1.[Br-]. The summed E-state index contributed by atoms with van der Waals surface area (Å²) in [6.45, 7) is 3.88. The number of rotatable bonds is 8. The molecule has 2 nitrogen and oxygen atoms in total. The summed E-state index contributed by atoms with van der Waals surface area (Å²) in [6.07, 6.45) is 3.29. The van der Waals surface area contributed by atoms with E-state index in [0.717, 1.165) is 17.5 Å². The van der Waals surface area contributed by atoms with Crippen molar-refractivity contribution in [3.05, 3.63) is 127 Å². The number of aromatic hydroxyl groups is 1. The molecule has 1 N–H and O–H groups in total. The third-order valence-electron chi connectivity index (χ3n) is 5.81. The van der Waals surface area contributed by atoms with Crippen LogP contribution in [0.4, 0.5) is 0 Å². The Morgan fingerprint density at radius 2 is 1.24 bits per heavy atom. The van der Waals surface area contributed by atoms with Crippen LogP contribution < -0.4 is 37.6 Å². The molecule has 4 aromatic rings. The Kier molecular flexibility index (Phi) is 8.49. The molecule has 0 aliphatic heterocycles. The maximum atomic E-state index is 11.2. The Balaban J connectivity index is 0.00000306. The molecule has 0 heterocycles. The Labute approximate surface area is 207 Å². The predicted octanol–water partition coefficient (Wildman–Crippen LogP) is 2.63. The second-order valence-electron chi connectivity index (χ2n) is 7.77. The molecule has 0 aliphatic carbocycles. The van der Waals surface area contributed by atoms with Gasteiger partial charge in [-0.15, -0.1) is 6.58 Å². The number of benzene rings is 4. The molecule has 33 heavy (non-hydrogen) atoms. The molecule has 0 spiro atoms. The van der Waals surface area contributed by atoms with Gasteiger partial charge in [-0.05, 0) is 60.5 Å². The van der Waals surface area contributed by atoms with E-state index in [4.69, 9.17) is 4.74 Å². The first kappa shape index (κ1) is 24.8. The van der Waals surface area contributed by atoms with Crippen LogP contribution in [0.1, 0.15) is 11.1 Å². The molecule has 168 valence electrons. The fourth-order valence-corrected chi connectivity index (χ4v) is 8.55. The number of methoxy groups -OCH3 is 1. The van der Waals surface area contributed by atoms with E-state index in [1.165, 1.54) is 15.9 Å². The maximum Gasteiger partial charge on any atom is 0.164 e. The van der Waals surface area contributed by atoms with E-state index in [1.54, 1.807) is 7.11 Å². The molecule has 0 bridgehead atoms. The van der Waals surface area contributed by atoms with Crippen molar-refractivity contribution in [3.63, 3.8) is 0 Å². The van der Waals surface area contributed by atoms with E-state index < -0.39 is 7.26 Å². The summed E-state index contributed by atoms with van der Waals surface area (Å²) in [7, 11) is -0.511. The van der Waals surface area contributed by atoms with Gasteiger partial charge < -0.3 is 26.8 Å². The monoisotopic (exact) mass is 518 g/mol. The van der Waals surface area contributed by atoms with Crippen LogP contribution in [0.25, 0.3) is 0 Å². The molecule has 0 radical (unpaired) electrons. The molecular weight excluding hydrogens is 491 g/mol. The normalized spacial score (nSPS) is 10.8. The molecule has 4 aromatic carbocycles. The van der Waals surface area contributed by atoms with E-state index in [0.29, 0.717) is 11.9 Å². The fourth-order valence-electron chi connectivity index (χ4n) is 4.31. The molecule has 4 rings (SSSR count). The molecule has 0 fully saturated rings. The van der Waals surface area contributed by atoms with Gasteiger partial charge in [-0.3, -0.25) is 0 Å². The first-order valence-corrected chi connectivity index (χ1v) is 12.7. The molecule has 0 aromatic heterocycles. The molecule has 0 atom stereocenters. The highest BCUT2D eigenvalue weighted by molar-refractivity contribution is 7.95. The standard InChI is InChI=1S/C29H27O2P.BrH/c1-3-13-23-20-24(29(30)28(21-23)31-2)22-32(25-14-7-4-8-15-25,26-16-9-5-10-17-26)27-18-11-6-12-19-27;/h3-12,14-21H,1,13,22H2,2H3;1H. The lowest BCUT2D eigenvalue weighted by atomic mass is 10.1. The smallest absolute Gasteiger partial charge is 0.164 e. The highest BCUT2D eigenvalue weighted by Crippen LogP contribution is 2.59. The van der Waals surface area contributed by atoms with Crippen molar-refractivity contribution in [2.45, 2.75) is 12.6 Å². The van der Waals surface area contributed by atoms with Crippen molar-refractivity contribution in [2.24, 2.45) is 0 Å². The molecule has 0 saturated carbocycles. The summed E-state index contributed by atoms with van der Waals surface area (Å²) in [4.78, 5) is 0. The molecule has 4 heteroatoms. The highest BCUT2D eigenvalue weighted by atomic mass is 79.9. The largest absolute Gasteiger partial charge is 1.00 e. The van der Waals surface area contributed by atoms with Gasteiger partial charge in [-0.25, -0.2) is 0 Å². The zero-order valence-electron chi connectivity index (χ0n) is 18.7. The fraction of sp³-hybridized carbons (Fsp3) is 0.103. The van der Waals surface area contributed by atoms with Gasteiger partial charge >= 0.3 is 0 Å². The topological polar surface area (TPSA) is 29.5 Å². The van der Waals surface area contributed by atoms with Crippen LogP contribution in [0.3, 0.4) is 0 Å². The Morgan fingerprint density at radius 3 is 1.64 bits per heavy atom. The maximum absolute atomic E-state index is 11.2. The summed E-state index contributed by atoms with van der Waals surface area (Å²) in [6, 6.07) is 36.1. The van der Waals surface area contributed by atoms with Gasteiger partial charge in [-0.1, -0.05) is 60.7 Å². The van der Waals surface area contributed by atoms with Gasteiger partial charge in [0.2, 0.25) is 0 Å². The van der Waals surface area contributed by atoms with Gasteiger partial charge in [-0.2, -0.15) is 0 Å². The van der Waals surface area contributed by atoms with Crippen LogP contribution in [-0.4, -0.2) is 12.2 Å². The predicted molar refractivity (Wildman–Crippen MR) is 137 cm³/mol. The van der Waals surface area contributed by atoms with E-state index in [2.05, 4.69) is 104 Å². The van der Waals surface area contributed by atoms with Crippen LogP contribution in [0.2, 0.25) is 0 Å². The van der Waals surface area contributed by atoms with Crippen molar-refractivity contribution >= 4 is 23.2 Å². The lowest BCUT2D eigenvalue weighted by Gasteiger charge is -2.28. The lowest BCUT2D eigenvalue weighted by molar-refractivity contribution is -0.00000741. The Bertz CT molecular complexity index is 1080. The third kappa shape index (κ3) is 5.05. The van der Waals surface area contributed by atoms with Crippen molar-refractivity contribution in [1.29, 1.82) is 0 Å². The molecular formula is C29H28BrO2P. The molecule has 0 unspecified atom stereocenters. The Hall–Kier alpha value is -2.87. The minimum Gasteiger partial charge on any atom is -1.00 e. The van der Waals surface area contributed by atoms with Crippen molar-refractivity contribution < 1.29 is 26.8 Å². The first-order chi connectivity index (χ1) is 15.7. The van der Waals surface area contributed by atoms with E-state index >= 15 is 0 Å². The van der Waals surface area contributed by atoms with Crippen LogP contribution in [0.15, 0.2) is 116 Å². The summed E-state index contributed by atoms with van der Waals surface area (Å²) in [5.41, 5.74) is 1.98. The van der Waals surface area contributed by atoms with Gasteiger partial charge in [0.25, 0.3) is 0 Å². The summed E-state index contributed by atoms with van der Waals surface area (Å²) in [5, 5.41) is 15.0. The Morgan fingerprint density at radius 1 is 0.788 bits per heavy atom. The molecule has 0 saturated heterocycles. The summed E-state index contributed by atoms with van der Waals surface area (Å²) >= 11 is 0. The van der Waals surface area contributed by atoms with Crippen LogP contribution in [-0.2, 0) is 12.6 Å². The van der Waals surface area contributed by atoms with E-state index in [9.17, 15) is 5.11 Å². The van der Waals surface area contributed by atoms with Crippen molar-refractivity contribution in [3.8, 4) is 11.5 Å². The van der Waals surface area contributed by atoms with Crippen molar-refractivity contribution in [1.82, 2.24) is 0 Å². The molecule has 0 aliphatic rings. The minimum atomic E-state index is -2.11. The summed E-state index contributed by atoms with van der Waals surface area (Å²) < 4.78 is 5.53. The number of allylic oxidation sites excluding steroid dienone is 1. The average Bonchev–Trinajstić information content (AvgIpc) is 2.86. The highest BCUT2D eigenvalue weighted by Gasteiger charge is 2.46. The van der Waals surface area contributed by atoms with Crippen molar-refractivity contribution in [2.75, 3.05) is 7.11 Å². The summed E-state index contributed by atoms with van der Waals surface area (Å²) in [5.74, 6) is 0.721. The zero-order chi connectivity index (χ0) is 22.4. The van der Waals surface area contributed by atoms with E-state index in [-0.39, 0.29) is 22.7 Å². The third-order valence-corrected chi connectivity index (χ3v) is 10.2. The lowest BCUT2D eigenvalue weighted by Crippen LogP contribution is -3.00. The van der Waals surface area contributed by atoms with Crippen LogP contribution in [0.5, 0.6) is 11.5 Å². The number of halogens is 1. The van der Waals surface area contributed by atoms with Crippen LogP contribution >= 0.6 is 7.26 Å². The zero-order valence-corrected chi connectivity index (χ0v) is 21.2. The number of hydrogen-bond acceptors (Lipinski definition) is 2. The average molecular weight is 519 g/mol. The van der Waals surface area contributed by atoms with E-state index in [1.807, 2.05) is 12.1 Å². The van der Waals surface area contributed by atoms with Gasteiger partial charge in [0.1, 0.15) is 29.3 Å². The minimum absolute atomic E-state index is 0. The number of phenols is 1. The van der Waals surface area contributed by atoms with Gasteiger partial charge in [0.05, 0.1) is 7.11 Å². The quantitative estimate of drug-likeness (QED) is 0.287. The molecule has 0 amide bonds.